The fourth-order valence-corrected chi connectivity index (χ4v) is 1.95. The Bertz CT molecular complexity index is 553. The van der Waals surface area contributed by atoms with Gasteiger partial charge >= 0.3 is 6.01 Å². The predicted molar refractivity (Wildman–Crippen MR) is 71.0 cm³/mol. The number of imidazole rings is 1. The first-order valence-corrected chi connectivity index (χ1v) is 6.52. The molecule has 0 aromatic carbocycles. The summed E-state index contributed by atoms with van der Waals surface area (Å²) in [6.07, 6.45) is 6.86. The molecule has 0 bridgehead atoms. The Hall–Kier alpha value is -2.22. The summed E-state index contributed by atoms with van der Waals surface area (Å²) in [7, 11) is 1.76. The van der Waals surface area contributed by atoms with Gasteiger partial charge in [0.05, 0.1) is 13.2 Å². The van der Waals surface area contributed by atoms with Gasteiger partial charge in [0.2, 0.25) is 11.9 Å². The molecule has 106 valence electrons. The maximum absolute atomic E-state index is 5.82. The molecule has 0 aliphatic carbocycles. The highest BCUT2D eigenvalue weighted by atomic mass is 16.5. The normalized spacial score (nSPS) is 16.1. The van der Waals surface area contributed by atoms with Crippen LogP contribution in [0.5, 0.6) is 6.01 Å². The van der Waals surface area contributed by atoms with Gasteiger partial charge in [-0.25, -0.2) is 4.98 Å². The monoisotopic (exact) mass is 276 g/mol. The lowest BCUT2D eigenvalue weighted by Crippen LogP contribution is -2.27. The highest BCUT2D eigenvalue weighted by Crippen LogP contribution is 2.16. The van der Waals surface area contributed by atoms with Gasteiger partial charge in [-0.05, 0) is 0 Å². The van der Waals surface area contributed by atoms with Crippen molar-refractivity contribution in [1.29, 1.82) is 0 Å². The molecule has 8 heteroatoms. The lowest BCUT2D eigenvalue weighted by atomic mass is 10.2. The van der Waals surface area contributed by atoms with Crippen LogP contribution in [0.3, 0.4) is 0 Å². The maximum atomic E-state index is 5.82. The van der Waals surface area contributed by atoms with Gasteiger partial charge in [-0.3, -0.25) is 4.57 Å². The van der Waals surface area contributed by atoms with Crippen LogP contribution < -0.4 is 10.1 Å². The van der Waals surface area contributed by atoms with E-state index >= 15 is 0 Å². The highest BCUT2D eigenvalue weighted by Gasteiger charge is 2.18. The van der Waals surface area contributed by atoms with Gasteiger partial charge in [-0.1, -0.05) is 0 Å². The average Bonchev–Trinajstić information content (AvgIpc) is 3.02. The molecule has 1 aliphatic heterocycles. The van der Waals surface area contributed by atoms with Crippen LogP contribution in [0.1, 0.15) is 12.8 Å². The molecule has 3 rings (SSSR count). The summed E-state index contributed by atoms with van der Waals surface area (Å²) >= 11 is 0. The first-order valence-electron chi connectivity index (χ1n) is 6.52. The molecule has 0 atom stereocenters. The number of ether oxygens (including phenoxy) is 2. The fourth-order valence-electron chi connectivity index (χ4n) is 1.95. The lowest BCUT2D eigenvalue weighted by Gasteiger charge is -2.22. The second-order valence-corrected chi connectivity index (χ2v) is 4.39. The van der Waals surface area contributed by atoms with Crippen LogP contribution in [-0.4, -0.2) is 50.9 Å². The molecule has 1 N–H and O–H groups in total. The van der Waals surface area contributed by atoms with Gasteiger partial charge in [-0.15, -0.1) is 0 Å². The van der Waals surface area contributed by atoms with Crippen LogP contribution in [0.15, 0.2) is 18.7 Å². The summed E-state index contributed by atoms with van der Waals surface area (Å²) in [6.45, 7) is 1.42. The molecule has 1 aliphatic rings. The first-order chi connectivity index (χ1) is 9.85. The average molecular weight is 276 g/mol. The highest BCUT2D eigenvalue weighted by molar-refractivity contribution is 5.29. The number of hydrogen-bond donors (Lipinski definition) is 1. The molecular formula is C12H16N6O2. The summed E-state index contributed by atoms with van der Waals surface area (Å²) in [5.41, 5.74) is 0. The Morgan fingerprint density at radius 3 is 2.85 bits per heavy atom. The molecule has 8 nitrogen and oxygen atoms in total. The molecule has 3 heterocycles. The van der Waals surface area contributed by atoms with E-state index in [1.807, 2.05) is 0 Å². The van der Waals surface area contributed by atoms with Crippen LogP contribution in [-0.2, 0) is 4.74 Å². The van der Waals surface area contributed by atoms with Gasteiger partial charge in [0, 0.05) is 32.3 Å². The zero-order chi connectivity index (χ0) is 13.8. The number of rotatable bonds is 4. The van der Waals surface area contributed by atoms with E-state index in [9.17, 15) is 0 Å². The van der Waals surface area contributed by atoms with Crippen molar-refractivity contribution in [1.82, 2.24) is 24.5 Å². The molecule has 20 heavy (non-hydrogen) atoms. The number of hydrogen-bond acceptors (Lipinski definition) is 7. The number of aromatic nitrogens is 5. The minimum Gasteiger partial charge on any atom is -0.460 e. The van der Waals surface area contributed by atoms with Crippen LogP contribution in [0, 0.1) is 0 Å². The molecule has 2 aromatic rings. The van der Waals surface area contributed by atoms with Crippen molar-refractivity contribution in [2.75, 3.05) is 25.6 Å². The molecule has 0 saturated carbocycles. The topological polar surface area (TPSA) is 87.0 Å². The van der Waals surface area contributed by atoms with Crippen LogP contribution >= 0.6 is 0 Å². The second-order valence-electron chi connectivity index (χ2n) is 4.39. The predicted octanol–water partition coefficient (Wildman–Crippen LogP) is 0.657. The van der Waals surface area contributed by atoms with Crippen molar-refractivity contribution in [3.05, 3.63) is 18.7 Å². The molecule has 0 radical (unpaired) electrons. The van der Waals surface area contributed by atoms with Gasteiger partial charge in [-0.2, -0.15) is 15.0 Å². The SMILES string of the molecule is CNc1nc(OC2CCOCC2)nc(-n2ccnc2)n1. The summed E-state index contributed by atoms with van der Waals surface area (Å²) in [5.74, 6) is 0.940. The first kappa shape index (κ1) is 12.8. The quantitative estimate of drug-likeness (QED) is 0.877. The van der Waals surface area contributed by atoms with Crippen molar-refractivity contribution in [2.45, 2.75) is 18.9 Å². The van der Waals surface area contributed by atoms with E-state index in [1.54, 1.807) is 30.3 Å². The van der Waals surface area contributed by atoms with Crippen molar-refractivity contribution in [3.63, 3.8) is 0 Å². The fraction of sp³-hybridized carbons (Fsp3) is 0.500. The summed E-state index contributed by atoms with van der Waals surface area (Å²) in [5, 5.41) is 2.91. The number of anilines is 1. The van der Waals surface area contributed by atoms with Crippen molar-refractivity contribution in [2.24, 2.45) is 0 Å². The largest absolute Gasteiger partial charge is 0.460 e. The smallest absolute Gasteiger partial charge is 0.323 e. The van der Waals surface area contributed by atoms with Gasteiger partial charge in [0.1, 0.15) is 12.4 Å². The van der Waals surface area contributed by atoms with E-state index in [-0.39, 0.29) is 6.10 Å². The van der Waals surface area contributed by atoms with E-state index in [4.69, 9.17) is 9.47 Å². The molecule has 0 amide bonds. The molecule has 2 aromatic heterocycles. The molecule has 0 unspecified atom stereocenters. The Balaban J connectivity index is 1.84. The van der Waals surface area contributed by atoms with E-state index in [0.29, 0.717) is 31.1 Å². The van der Waals surface area contributed by atoms with Crippen molar-refractivity contribution in [3.8, 4) is 12.0 Å². The third kappa shape index (κ3) is 2.85. The Labute approximate surface area is 116 Å². The van der Waals surface area contributed by atoms with Crippen molar-refractivity contribution >= 4 is 5.95 Å². The van der Waals surface area contributed by atoms with Gasteiger partial charge in [0.15, 0.2) is 0 Å². The molecule has 0 spiro atoms. The van der Waals surface area contributed by atoms with Gasteiger partial charge < -0.3 is 14.8 Å². The molecular weight excluding hydrogens is 260 g/mol. The van der Waals surface area contributed by atoms with E-state index in [0.717, 1.165) is 12.8 Å². The second kappa shape index (κ2) is 5.83. The van der Waals surface area contributed by atoms with Crippen LogP contribution in [0.2, 0.25) is 0 Å². The van der Waals surface area contributed by atoms with Crippen molar-refractivity contribution < 1.29 is 9.47 Å². The van der Waals surface area contributed by atoms with E-state index in [1.165, 1.54) is 0 Å². The number of nitrogens with zero attached hydrogens (tertiary/aromatic N) is 5. The summed E-state index contributed by atoms with van der Waals surface area (Å²) in [4.78, 5) is 16.8. The maximum Gasteiger partial charge on any atom is 0.323 e. The minimum atomic E-state index is 0.0893. The standard InChI is InChI=1S/C12H16N6O2/c1-13-10-15-11(18-5-4-14-8-18)17-12(16-10)20-9-2-6-19-7-3-9/h4-5,8-9H,2-3,6-7H2,1H3,(H,13,15,16,17). The summed E-state index contributed by atoms with van der Waals surface area (Å²) < 4.78 is 12.8. The zero-order valence-corrected chi connectivity index (χ0v) is 11.2. The van der Waals surface area contributed by atoms with E-state index < -0.39 is 0 Å². The molecule has 1 saturated heterocycles. The Morgan fingerprint density at radius 1 is 1.30 bits per heavy atom. The lowest BCUT2D eigenvalue weighted by molar-refractivity contribution is 0.0217. The minimum absolute atomic E-state index is 0.0893. The van der Waals surface area contributed by atoms with Gasteiger partial charge in [0.25, 0.3) is 0 Å². The number of nitrogens with one attached hydrogen (secondary N) is 1. The molecule has 1 fully saturated rings. The van der Waals surface area contributed by atoms with Crippen LogP contribution in [0.25, 0.3) is 5.95 Å². The summed E-state index contributed by atoms with van der Waals surface area (Å²) in [6, 6.07) is 0.319. The van der Waals surface area contributed by atoms with E-state index in [2.05, 4.69) is 25.3 Å². The zero-order valence-electron chi connectivity index (χ0n) is 11.2. The Morgan fingerprint density at radius 2 is 2.15 bits per heavy atom. The van der Waals surface area contributed by atoms with Crippen LogP contribution in [0.4, 0.5) is 5.95 Å². The third-order valence-electron chi connectivity index (χ3n) is 3.00. The third-order valence-corrected chi connectivity index (χ3v) is 3.00. The Kier molecular flexibility index (Phi) is 3.73.